The van der Waals surface area contributed by atoms with Crippen molar-refractivity contribution in [1.29, 1.82) is 0 Å². The third-order valence-electron chi connectivity index (χ3n) is 4.05. The number of hydrogen-bond donors (Lipinski definition) is 1. The lowest BCUT2D eigenvalue weighted by Gasteiger charge is -2.12. The normalized spacial score (nSPS) is 10.7. The second-order valence-electron chi connectivity index (χ2n) is 6.85. The van der Waals surface area contributed by atoms with Gasteiger partial charge in [0.2, 0.25) is 11.7 Å². The van der Waals surface area contributed by atoms with Crippen molar-refractivity contribution in [3.8, 4) is 17.2 Å². The van der Waals surface area contributed by atoms with Gasteiger partial charge in [-0.1, -0.05) is 13.8 Å². The molecule has 0 saturated heterocycles. The third kappa shape index (κ3) is 6.27. The second-order valence-corrected chi connectivity index (χ2v) is 6.85. The second kappa shape index (κ2) is 10.9. The number of benzene rings is 2. The van der Waals surface area contributed by atoms with Gasteiger partial charge in [0.15, 0.2) is 11.5 Å². The standard InChI is InChI=1S/C23H27NO6/c1-15(2)14-30-23(26)17-7-9-18(10-8-17)24-21(25)11-6-16-12-19(27-3)22(29-5)20(13-16)28-4/h6-13,15H,14H2,1-5H3,(H,24,25). The van der Waals surface area contributed by atoms with Crippen LogP contribution >= 0.6 is 0 Å². The Balaban J connectivity index is 2.03. The molecule has 0 aliphatic rings. The Labute approximate surface area is 176 Å². The Bertz CT molecular complexity index is 877. The highest BCUT2D eigenvalue weighted by Crippen LogP contribution is 2.38. The minimum Gasteiger partial charge on any atom is -0.493 e. The lowest BCUT2D eigenvalue weighted by Crippen LogP contribution is -2.11. The predicted octanol–water partition coefficient (Wildman–Crippen LogP) is 4.18. The number of methoxy groups -OCH3 is 3. The van der Waals surface area contributed by atoms with E-state index in [0.717, 1.165) is 0 Å². The summed E-state index contributed by atoms with van der Waals surface area (Å²) in [6, 6.07) is 10.0. The summed E-state index contributed by atoms with van der Waals surface area (Å²) in [6.45, 7) is 4.30. The minimum absolute atomic E-state index is 0.268. The van der Waals surface area contributed by atoms with Crippen LogP contribution in [0.1, 0.15) is 29.8 Å². The average Bonchev–Trinajstić information content (AvgIpc) is 2.75. The summed E-state index contributed by atoms with van der Waals surface area (Å²) in [5.41, 5.74) is 1.71. The lowest BCUT2D eigenvalue weighted by atomic mass is 10.1. The van der Waals surface area contributed by atoms with E-state index in [0.29, 0.717) is 40.7 Å². The number of anilines is 1. The average molecular weight is 413 g/mol. The van der Waals surface area contributed by atoms with E-state index in [1.165, 1.54) is 27.4 Å². The summed E-state index contributed by atoms with van der Waals surface area (Å²) in [4.78, 5) is 24.2. The van der Waals surface area contributed by atoms with Gasteiger partial charge in [-0.25, -0.2) is 4.79 Å². The van der Waals surface area contributed by atoms with E-state index in [1.54, 1.807) is 42.5 Å². The van der Waals surface area contributed by atoms with Crippen molar-refractivity contribution < 1.29 is 28.5 Å². The molecule has 7 nitrogen and oxygen atoms in total. The molecule has 0 fully saturated rings. The molecule has 1 N–H and O–H groups in total. The molecule has 0 aliphatic heterocycles. The lowest BCUT2D eigenvalue weighted by molar-refractivity contribution is -0.111. The Morgan fingerprint density at radius 2 is 1.57 bits per heavy atom. The molecular formula is C23H27NO6. The fourth-order valence-corrected chi connectivity index (χ4v) is 2.57. The van der Waals surface area contributed by atoms with E-state index in [2.05, 4.69) is 5.32 Å². The molecule has 0 unspecified atom stereocenters. The van der Waals surface area contributed by atoms with Crippen LogP contribution in [0, 0.1) is 5.92 Å². The first kappa shape index (κ1) is 22.8. The first-order valence-corrected chi connectivity index (χ1v) is 9.44. The zero-order valence-corrected chi connectivity index (χ0v) is 17.9. The fourth-order valence-electron chi connectivity index (χ4n) is 2.57. The van der Waals surface area contributed by atoms with Crippen molar-refractivity contribution in [2.24, 2.45) is 5.92 Å². The number of ether oxygens (including phenoxy) is 4. The maximum absolute atomic E-state index is 12.2. The third-order valence-corrected chi connectivity index (χ3v) is 4.05. The summed E-state index contributed by atoms with van der Waals surface area (Å²) >= 11 is 0. The van der Waals surface area contributed by atoms with E-state index in [-0.39, 0.29) is 17.8 Å². The van der Waals surface area contributed by atoms with Crippen LogP contribution in [0.2, 0.25) is 0 Å². The van der Waals surface area contributed by atoms with Crippen LogP contribution in [-0.4, -0.2) is 39.8 Å². The van der Waals surface area contributed by atoms with Crippen LogP contribution < -0.4 is 19.5 Å². The number of nitrogens with one attached hydrogen (secondary N) is 1. The smallest absolute Gasteiger partial charge is 0.338 e. The molecule has 160 valence electrons. The summed E-state index contributed by atoms with van der Waals surface area (Å²) in [5, 5.41) is 2.74. The predicted molar refractivity (Wildman–Crippen MR) is 115 cm³/mol. The van der Waals surface area contributed by atoms with E-state index in [1.807, 2.05) is 13.8 Å². The Hall–Kier alpha value is -3.48. The van der Waals surface area contributed by atoms with E-state index < -0.39 is 0 Å². The van der Waals surface area contributed by atoms with Crippen molar-refractivity contribution in [2.45, 2.75) is 13.8 Å². The van der Waals surface area contributed by atoms with Crippen LogP contribution in [0.15, 0.2) is 42.5 Å². The van der Waals surface area contributed by atoms with Gasteiger partial charge in [0, 0.05) is 11.8 Å². The van der Waals surface area contributed by atoms with Gasteiger partial charge in [0.05, 0.1) is 33.5 Å². The van der Waals surface area contributed by atoms with Crippen LogP contribution in [0.3, 0.4) is 0 Å². The van der Waals surface area contributed by atoms with Crippen molar-refractivity contribution in [2.75, 3.05) is 33.3 Å². The highest BCUT2D eigenvalue weighted by Gasteiger charge is 2.12. The number of carbonyl (C=O) groups excluding carboxylic acids is 2. The van der Waals surface area contributed by atoms with Crippen LogP contribution in [-0.2, 0) is 9.53 Å². The molecule has 1 amide bonds. The fraction of sp³-hybridized carbons (Fsp3) is 0.304. The maximum atomic E-state index is 12.2. The van der Waals surface area contributed by atoms with E-state index in [9.17, 15) is 9.59 Å². The number of rotatable bonds is 9. The Kier molecular flexibility index (Phi) is 8.29. The number of amides is 1. The van der Waals surface area contributed by atoms with Crippen molar-refractivity contribution in [3.05, 3.63) is 53.6 Å². The van der Waals surface area contributed by atoms with Gasteiger partial charge >= 0.3 is 5.97 Å². The van der Waals surface area contributed by atoms with Gasteiger partial charge in [-0.15, -0.1) is 0 Å². The van der Waals surface area contributed by atoms with Crippen LogP contribution in [0.4, 0.5) is 5.69 Å². The van der Waals surface area contributed by atoms with E-state index in [4.69, 9.17) is 18.9 Å². The molecule has 2 aromatic carbocycles. The van der Waals surface area contributed by atoms with Gasteiger partial charge in [-0.2, -0.15) is 0 Å². The molecule has 2 rings (SSSR count). The van der Waals surface area contributed by atoms with Gasteiger partial charge < -0.3 is 24.3 Å². The summed E-state index contributed by atoms with van der Waals surface area (Å²) in [6.07, 6.45) is 3.03. The van der Waals surface area contributed by atoms with Crippen molar-refractivity contribution in [3.63, 3.8) is 0 Å². The zero-order valence-electron chi connectivity index (χ0n) is 17.9. The highest BCUT2D eigenvalue weighted by molar-refractivity contribution is 6.02. The van der Waals surface area contributed by atoms with Gasteiger partial charge in [-0.3, -0.25) is 4.79 Å². The zero-order chi connectivity index (χ0) is 22.1. The highest BCUT2D eigenvalue weighted by atomic mass is 16.5. The Morgan fingerprint density at radius 3 is 2.07 bits per heavy atom. The van der Waals surface area contributed by atoms with Crippen molar-refractivity contribution >= 4 is 23.6 Å². The first-order valence-electron chi connectivity index (χ1n) is 9.44. The summed E-state index contributed by atoms with van der Waals surface area (Å²) < 4.78 is 21.1. The monoisotopic (exact) mass is 413 g/mol. The van der Waals surface area contributed by atoms with Gasteiger partial charge in [0.25, 0.3) is 0 Å². The number of carbonyl (C=O) groups is 2. The maximum Gasteiger partial charge on any atom is 0.338 e. The number of esters is 1. The van der Waals surface area contributed by atoms with Gasteiger partial charge in [-0.05, 0) is 54.0 Å². The van der Waals surface area contributed by atoms with E-state index >= 15 is 0 Å². The molecule has 0 atom stereocenters. The largest absolute Gasteiger partial charge is 0.493 e. The first-order chi connectivity index (χ1) is 14.4. The molecular weight excluding hydrogens is 386 g/mol. The quantitative estimate of drug-likeness (QED) is 0.491. The molecule has 0 aliphatic carbocycles. The molecule has 0 bridgehead atoms. The minimum atomic E-state index is -0.385. The molecule has 0 saturated carbocycles. The molecule has 0 radical (unpaired) electrons. The molecule has 0 heterocycles. The SMILES string of the molecule is COc1cc(C=CC(=O)Nc2ccc(C(=O)OCC(C)C)cc2)cc(OC)c1OC. The summed E-state index contributed by atoms with van der Waals surface area (Å²) in [7, 11) is 4.58. The molecule has 2 aromatic rings. The molecule has 7 heteroatoms. The topological polar surface area (TPSA) is 83.1 Å². The molecule has 30 heavy (non-hydrogen) atoms. The van der Waals surface area contributed by atoms with Crippen LogP contribution in [0.5, 0.6) is 17.2 Å². The summed E-state index contributed by atoms with van der Waals surface area (Å²) in [5.74, 6) is 1.04. The Morgan fingerprint density at radius 1 is 0.967 bits per heavy atom. The van der Waals surface area contributed by atoms with Gasteiger partial charge in [0.1, 0.15) is 0 Å². The van der Waals surface area contributed by atoms with Crippen LogP contribution in [0.25, 0.3) is 6.08 Å². The molecule has 0 aromatic heterocycles. The van der Waals surface area contributed by atoms with Crippen molar-refractivity contribution in [1.82, 2.24) is 0 Å². The molecule has 0 spiro atoms. The number of hydrogen-bond acceptors (Lipinski definition) is 6.